The highest BCUT2D eigenvalue weighted by atomic mass is 16.5. The average molecular weight is 439 g/mol. The van der Waals surface area contributed by atoms with Gasteiger partial charge in [-0.05, 0) is 67.3 Å². The van der Waals surface area contributed by atoms with Crippen LogP contribution < -0.4 is 10.3 Å². The van der Waals surface area contributed by atoms with Crippen LogP contribution in [0.15, 0.2) is 29.1 Å². The largest absolute Gasteiger partial charge is 0.494 e. The van der Waals surface area contributed by atoms with Gasteiger partial charge in [-0.25, -0.2) is 4.68 Å². The maximum atomic E-state index is 13.3. The summed E-state index contributed by atoms with van der Waals surface area (Å²) < 4.78 is 7.60. The van der Waals surface area contributed by atoms with E-state index in [-0.39, 0.29) is 23.7 Å². The second-order valence-corrected chi connectivity index (χ2v) is 8.83. The van der Waals surface area contributed by atoms with Crippen molar-refractivity contribution in [2.45, 2.75) is 63.6 Å². The highest BCUT2D eigenvalue weighted by Crippen LogP contribution is 2.35. The Kier molecular flexibility index (Phi) is 5.93. The molecular weight excluding hydrogens is 408 g/mol. The van der Waals surface area contributed by atoms with E-state index >= 15 is 0 Å². The number of aliphatic hydroxyl groups excluding tert-OH is 1. The van der Waals surface area contributed by atoms with Crippen LogP contribution in [0.5, 0.6) is 5.75 Å². The molecule has 2 aliphatic rings. The Bertz CT molecular complexity index is 1130. The molecule has 0 spiro atoms. The van der Waals surface area contributed by atoms with Gasteiger partial charge in [-0.2, -0.15) is 0 Å². The third-order valence-corrected chi connectivity index (χ3v) is 6.75. The van der Waals surface area contributed by atoms with Gasteiger partial charge in [0.05, 0.1) is 18.8 Å². The molecule has 2 N–H and O–H groups in total. The molecule has 32 heavy (non-hydrogen) atoms. The molecule has 9 heteroatoms. The van der Waals surface area contributed by atoms with E-state index in [1.807, 2.05) is 35.9 Å². The summed E-state index contributed by atoms with van der Waals surface area (Å²) in [6.45, 7) is 3.89. The maximum Gasteiger partial charge on any atom is 0.253 e. The Hall–Kier alpha value is -2.78. The number of hydrogen-bond acceptors (Lipinski definition) is 7. The van der Waals surface area contributed by atoms with Gasteiger partial charge in [0.1, 0.15) is 11.8 Å². The van der Waals surface area contributed by atoms with Gasteiger partial charge in [-0.15, -0.1) is 5.10 Å². The second kappa shape index (κ2) is 8.99. The molecular formula is C23H30N6O3. The quantitative estimate of drug-likeness (QED) is 0.609. The highest BCUT2D eigenvalue weighted by Gasteiger charge is 2.34. The number of H-pyrrole nitrogens is 1. The van der Waals surface area contributed by atoms with Gasteiger partial charge in [-0.1, -0.05) is 12.8 Å². The van der Waals surface area contributed by atoms with E-state index in [2.05, 4.69) is 25.4 Å². The van der Waals surface area contributed by atoms with Crippen molar-refractivity contribution in [2.75, 3.05) is 19.7 Å². The zero-order valence-electron chi connectivity index (χ0n) is 18.4. The Morgan fingerprint density at radius 2 is 1.97 bits per heavy atom. The van der Waals surface area contributed by atoms with Crippen molar-refractivity contribution in [1.29, 1.82) is 0 Å². The molecule has 2 fully saturated rings. The first kappa shape index (κ1) is 21.1. The van der Waals surface area contributed by atoms with Crippen molar-refractivity contribution < 1.29 is 9.84 Å². The Morgan fingerprint density at radius 1 is 1.19 bits per heavy atom. The maximum absolute atomic E-state index is 13.3. The lowest BCUT2D eigenvalue weighted by atomic mass is 9.99. The van der Waals surface area contributed by atoms with Gasteiger partial charge in [0.2, 0.25) is 0 Å². The molecule has 1 aliphatic heterocycles. The summed E-state index contributed by atoms with van der Waals surface area (Å²) in [6, 6.07) is 7.53. The predicted octanol–water partition coefficient (Wildman–Crippen LogP) is 2.57. The van der Waals surface area contributed by atoms with Crippen molar-refractivity contribution in [2.24, 2.45) is 0 Å². The van der Waals surface area contributed by atoms with Gasteiger partial charge in [-0.3, -0.25) is 9.69 Å². The van der Waals surface area contributed by atoms with Crippen LogP contribution in [0.25, 0.3) is 10.9 Å². The predicted molar refractivity (Wildman–Crippen MR) is 120 cm³/mol. The number of aliphatic hydroxyl groups is 1. The lowest BCUT2D eigenvalue weighted by Gasteiger charge is -2.35. The number of ether oxygens (including phenoxy) is 1. The minimum atomic E-state index is -0.373. The van der Waals surface area contributed by atoms with Crippen LogP contribution in [0.4, 0.5) is 0 Å². The molecule has 1 atom stereocenters. The van der Waals surface area contributed by atoms with Crippen LogP contribution in [0, 0.1) is 0 Å². The number of nitrogens with zero attached hydrogens (tertiary/aromatic N) is 5. The Balaban J connectivity index is 1.62. The SMILES string of the molecule is CCOc1ccc2[nH]c(=O)c([C@H](c3nnnn3C3CCCC3)N3CCC(O)CC3)cc2c1. The van der Waals surface area contributed by atoms with Gasteiger partial charge < -0.3 is 14.8 Å². The van der Waals surface area contributed by atoms with Crippen LogP contribution in [0.3, 0.4) is 0 Å². The molecule has 1 aromatic carbocycles. The van der Waals surface area contributed by atoms with E-state index in [9.17, 15) is 9.90 Å². The van der Waals surface area contributed by atoms with Crippen molar-refractivity contribution >= 4 is 10.9 Å². The van der Waals surface area contributed by atoms with E-state index < -0.39 is 0 Å². The molecule has 170 valence electrons. The van der Waals surface area contributed by atoms with Crippen LogP contribution >= 0.6 is 0 Å². The first-order valence-electron chi connectivity index (χ1n) is 11.6. The van der Waals surface area contributed by atoms with Gasteiger partial charge in [0.15, 0.2) is 5.82 Å². The van der Waals surface area contributed by atoms with E-state index in [0.717, 1.165) is 29.5 Å². The minimum Gasteiger partial charge on any atom is -0.494 e. The number of rotatable bonds is 6. The summed E-state index contributed by atoms with van der Waals surface area (Å²) in [5, 5.41) is 23.7. The van der Waals surface area contributed by atoms with Crippen molar-refractivity contribution in [3.05, 3.63) is 46.0 Å². The number of tetrazole rings is 1. The first-order valence-corrected chi connectivity index (χ1v) is 11.6. The summed E-state index contributed by atoms with van der Waals surface area (Å²) in [4.78, 5) is 18.6. The number of aromatic amines is 1. The Morgan fingerprint density at radius 3 is 2.72 bits per heavy atom. The molecule has 2 aromatic heterocycles. The lowest BCUT2D eigenvalue weighted by molar-refractivity contribution is 0.0654. The smallest absolute Gasteiger partial charge is 0.253 e. The molecule has 0 radical (unpaired) electrons. The zero-order valence-corrected chi connectivity index (χ0v) is 18.4. The fourth-order valence-corrected chi connectivity index (χ4v) is 5.09. The summed E-state index contributed by atoms with van der Waals surface area (Å²) in [5.74, 6) is 1.48. The molecule has 9 nitrogen and oxygen atoms in total. The van der Waals surface area contributed by atoms with E-state index in [1.54, 1.807) is 0 Å². The standard InChI is InChI=1S/C23H30N6O3/c1-2-32-18-7-8-20-15(13-18)14-19(23(31)24-20)21(28-11-9-17(30)10-12-28)22-25-26-27-29(22)16-5-3-4-6-16/h7-8,13-14,16-17,21,30H,2-6,9-12H2,1H3,(H,24,31)/t21-/m1/s1. The molecule has 0 bridgehead atoms. The van der Waals surface area contributed by atoms with Crippen molar-refractivity contribution in [3.8, 4) is 5.75 Å². The number of aromatic nitrogens is 5. The van der Waals surface area contributed by atoms with Gasteiger partial charge in [0.25, 0.3) is 5.56 Å². The third kappa shape index (κ3) is 4.02. The molecule has 1 saturated carbocycles. The molecule has 0 unspecified atom stereocenters. The topological polar surface area (TPSA) is 109 Å². The third-order valence-electron chi connectivity index (χ3n) is 6.75. The summed E-state index contributed by atoms with van der Waals surface area (Å²) in [6.07, 6.45) is 5.47. The number of pyridine rings is 1. The van der Waals surface area contributed by atoms with Crippen molar-refractivity contribution in [3.63, 3.8) is 0 Å². The minimum absolute atomic E-state index is 0.140. The normalized spacial score (nSPS) is 19.6. The number of fused-ring (bicyclic) bond motifs is 1. The fraction of sp³-hybridized carbons (Fsp3) is 0.565. The van der Waals surface area contributed by atoms with E-state index in [0.29, 0.717) is 43.9 Å². The number of piperidine rings is 1. The van der Waals surface area contributed by atoms with Gasteiger partial charge in [0, 0.05) is 29.6 Å². The van der Waals surface area contributed by atoms with Crippen LogP contribution in [-0.4, -0.2) is 61.0 Å². The molecule has 0 amide bonds. The summed E-state index contributed by atoms with van der Waals surface area (Å²) >= 11 is 0. The first-order chi connectivity index (χ1) is 15.6. The lowest BCUT2D eigenvalue weighted by Crippen LogP contribution is -2.42. The average Bonchev–Trinajstić information content (AvgIpc) is 3.48. The summed E-state index contributed by atoms with van der Waals surface area (Å²) in [5.41, 5.74) is 1.25. The van der Waals surface area contributed by atoms with E-state index in [4.69, 9.17) is 4.74 Å². The highest BCUT2D eigenvalue weighted by molar-refractivity contribution is 5.80. The van der Waals surface area contributed by atoms with E-state index in [1.165, 1.54) is 12.8 Å². The van der Waals surface area contributed by atoms with Gasteiger partial charge >= 0.3 is 0 Å². The van der Waals surface area contributed by atoms with Crippen molar-refractivity contribution in [1.82, 2.24) is 30.1 Å². The molecule has 5 rings (SSSR count). The molecule has 3 heterocycles. The monoisotopic (exact) mass is 438 g/mol. The number of likely N-dealkylation sites (tertiary alicyclic amines) is 1. The number of nitrogens with one attached hydrogen (secondary N) is 1. The molecule has 1 aliphatic carbocycles. The molecule has 1 saturated heterocycles. The van der Waals surface area contributed by atoms with Crippen LogP contribution in [-0.2, 0) is 0 Å². The van der Waals surface area contributed by atoms with Crippen LogP contribution in [0.2, 0.25) is 0 Å². The zero-order chi connectivity index (χ0) is 22.1. The fourth-order valence-electron chi connectivity index (χ4n) is 5.09. The second-order valence-electron chi connectivity index (χ2n) is 8.83. The number of hydrogen-bond donors (Lipinski definition) is 2. The Labute approximate surface area is 186 Å². The summed E-state index contributed by atoms with van der Waals surface area (Å²) in [7, 11) is 0. The van der Waals surface area contributed by atoms with Crippen LogP contribution in [0.1, 0.15) is 68.9 Å². The number of benzene rings is 1. The molecule has 3 aromatic rings.